The highest BCUT2D eigenvalue weighted by molar-refractivity contribution is 5.77. The van der Waals surface area contributed by atoms with Gasteiger partial charge >= 0.3 is 0 Å². The summed E-state index contributed by atoms with van der Waals surface area (Å²) in [7, 11) is 1.97. The molecule has 1 aliphatic carbocycles. The second-order valence-electron chi connectivity index (χ2n) is 6.13. The van der Waals surface area contributed by atoms with Crippen molar-refractivity contribution in [2.45, 2.75) is 38.5 Å². The molecule has 4 nitrogen and oxygen atoms in total. The lowest BCUT2D eigenvalue weighted by Gasteiger charge is -2.29. The lowest BCUT2D eigenvalue weighted by molar-refractivity contribution is -0.131. The highest BCUT2D eigenvalue weighted by Crippen LogP contribution is 2.26. The Morgan fingerprint density at radius 2 is 1.89 bits per heavy atom. The van der Waals surface area contributed by atoms with Gasteiger partial charge in [0.25, 0.3) is 0 Å². The predicted molar refractivity (Wildman–Crippen MR) is 78.1 cm³/mol. The van der Waals surface area contributed by atoms with E-state index in [0.29, 0.717) is 6.54 Å². The summed E-state index contributed by atoms with van der Waals surface area (Å²) in [6, 6.07) is 0. The van der Waals surface area contributed by atoms with Gasteiger partial charge in [0.15, 0.2) is 0 Å². The van der Waals surface area contributed by atoms with Crippen molar-refractivity contribution < 1.29 is 4.79 Å². The standard InChI is InChI=1S/C15H29N3O/c1-17(10-7-14-5-3-2-4-6-14)15(19)13-18-11-8-16-9-12-18/h14,16H,2-13H2,1H3. The minimum atomic E-state index is 0.290. The van der Waals surface area contributed by atoms with E-state index in [1.165, 1.54) is 38.5 Å². The van der Waals surface area contributed by atoms with Gasteiger partial charge in [-0.05, 0) is 12.3 Å². The van der Waals surface area contributed by atoms with Crippen molar-refractivity contribution in [3.63, 3.8) is 0 Å². The van der Waals surface area contributed by atoms with Gasteiger partial charge < -0.3 is 10.2 Å². The normalized spacial score (nSPS) is 22.4. The first-order chi connectivity index (χ1) is 9.25. The van der Waals surface area contributed by atoms with Gasteiger partial charge in [0.1, 0.15) is 0 Å². The van der Waals surface area contributed by atoms with Crippen molar-refractivity contribution in [3.05, 3.63) is 0 Å². The van der Waals surface area contributed by atoms with Gasteiger partial charge in [-0.15, -0.1) is 0 Å². The zero-order chi connectivity index (χ0) is 13.5. The average Bonchev–Trinajstić information content (AvgIpc) is 2.47. The minimum Gasteiger partial charge on any atom is -0.345 e. The van der Waals surface area contributed by atoms with Crippen molar-refractivity contribution in [1.29, 1.82) is 0 Å². The quantitative estimate of drug-likeness (QED) is 0.816. The molecule has 1 saturated carbocycles. The molecule has 1 N–H and O–H groups in total. The molecule has 0 aromatic carbocycles. The molecular weight excluding hydrogens is 238 g/mol. The summed E-state index contributed by atoms with van der Waals surface area (Å²) >= 11 is 0. The lowest BCUT2D eigenvalue weighted by Crippen LogP contribution is -2.48. The first-order valence-corrected chi connectivity index (χ1v) is 7.93. The van der Waals surface area contributed by atoms with Crippen LogP contribution in [0, 0.1) is 5.92 Å². The van der Waals surface area contributed by atoms with Crippen molar-refractivity contribution in [1.82, 2.24) is 15.1 Å². The SMILES string of the molecule is CN(CCC1CCCCC1)C(=O)CN1CCNCC1. The van der Waals surface area contributed by atoms with Gasteiger partial charge in [0.05, 0.1) is 6.54 Å². The Labute approximate surface area is 117 Å². The zero-order valence-corrected chi connectivity index (χ0v) is 12.4. The van der Waals surface area contributed by atoms with Gasteiger partial charge in [-0.2, -0.15) is 0 Å². The van der Waals surface area contributed by atoms with Gasteiger partial charge in [0.2, 0.25) is 5.91 Å². The summed E-state index contributed by atoms with van der Waals surface area (Å²) < 4.78 is 0. The van der Waals surface area contributed by atoms with E-state index in [-0.39, 0.29) is 5.91 Å². The van der Waals surface area contributed by atoms with Gasteiger partial charge in [-0.25, -0.2) is 0 Å². The molecule has 0 atom stereocenters. The Kier molecular flexibility index (Phi) is 6.11. The Bertz CT molecular complexity index is 271. The number of carbonyl (C=O) groups is 1. The zero-order valence-electron chi connectivity index (χ0n) is 12.4. The molecule has 4 heteroatoms. The molecule has 110 valence electrons. The number of rotatable bonds is 5. The van der Waals surface area contributed by atoms with E-state index in [1.807, 2.05) is 11.9 Å². The minimum absolute atomic E-state index is 0.290. The summed E-state index contributed by atoms with van der Waals surface area (Å²) in [6.07, 6.45) is 8.14. The van der Waals surface area contributed by atoms with Gasteiger partial charge in [-0.1, -0.05) is 32.1 Å². The molecule has 0 spiro atoms. The van der Waals surface area contributed by atoms with Crippen LogP contribution in [-0.4, -0.2) is 62.0 Å². The summed E-state index contributed by atoms with van der Waals surface area (Å²) in [6.45, 7) is 5.57. The first kappa shape index (κ1) is 14.8. The van der Waals surface area contributed by atoms with Crippen molar-refractivity contribution in [3.8, 4) is 0 Å². The molecule has 0 aromatic heterocycles. The fourth-order valence-corrected chi connectivity index (χ4v) is 3.16. The predicted octanol–water partition coefficient (Wildman–Crippen LogP) is 1.32. The van der Waals surface area contributed by atoms with E-state index in [4.69, 9.17) is 0 Å². The number of piperazine rings is 1. The largest absolute Gasteiger partial charge is 0.345 e. The first-order valence-electron chi connectivity index (χ1n) is 7.93. The van der Waals surface area contributed by atoms with Crippen molar-refractivity contribution >= 4 is 5.91 Å². The Balaban J connectivity index is 1.63. The number of amides is 1. The lowest BCUT2D eigenvalue weighted by atomic mass is 9.87. The van der Waals surface area contributed by atoms with E-state index in [1.54, 1.807) is 0 Å². The van der Waals surface area contributed by atoms with Crippen LogP contribution in [0.2, 0.25) is 0 Å². The van der Waals surface area contributed by atoms with Crippen molar-refractivity contribution in [2.24, 2.45) is 5.92 Å². The van der Waals surface area contributed by atoms with Gasteiger partial charge in [0, 0.05) is 39.8 Å². The molecule has 2 fully saturated rings. The number of hydrogen-bond donors (Lipinski definition) is 1. The number of nitrogens with one attached hydrogen (secondary N) is 1. The van der Waals surface area contributed by atoms with Crippen LogP contribution in [0.5, 0.6) is 0 Å². The van der Waals surface area contributed by atoms with Crippen LogP contribution in [0.4, 0.5) is 0 Å². The van der Waals surface area contributed by atoms with E-state index in [9.17, 15) is 4.79 Å². The summed E-state index contributed by atoms with van der Waals surface area (Å²) in [5.74, 6) is 1.15. The summed E-state index contributed by atoms with van der Waals surface area (Å²) in [5.41, 5.74) is 0. The van der Waals surface area contributed by atoms with E-state index < -0.39 is 0 Å². The molecule has 2 rings (SSSR count). The molecule has 1 heterocycles. The molecule has 0 aromatic rings. The molecule has 0 radical (unpaired) electrons. The molecule has 19 heavy (non-hydrogen) atoms. The van der Waals surface area contributed by atoms with E-state index >= 15 is 0 Å². The highest BCUT2D eigenvalue weighted by atomic mass is 16.2. The number of nitrogens with zero attached hydrogens (tertiary/aromatic N) is 2. The molecule has 2 aliphatic rings. The smallest absolute Gasteiger partial charge is 0.236 e. The molecule has 1 saturated heterocycles. The molecule has 1 amide bonds. The monoisotopic (exact) mass is 267 g/mol. The van der Waals surface area contributed by atoms with Gasteiger partial charge in [-0.3, -0.25) is 9.69 Å². The molecule has 1 aliphatic heterocycles. The second kappa shape index (κ2) is 7.85. The second-order valence-corrected chi connectivity index (χ2v) is 6.13. The molecule has 0 bridgehead atoms. The Morgan fingerprint density at radius 3 is 2.58 bits per heavy atom. The van der Waals surface area contributed by atoms with Crippen LogP contribution in [0.1, 0.15) is 38.5 Å². The van der Waals surface area contributed by atoms with Crippen LogP contribution in [0.3, 0.4) is 0 Å². The topological polar surface area (TPSA) is 35.6 Å². The number of carbonyl (C=O) groups excluding carboxylic acids is 1. The third-order valence-electron chi connectivity index (χ3n) is 4.59. The van der Waals surface area contributed by atoms with E-state index in [2.05, 4.69) is 10.2 Å². The van der Waals surface area contributed by atoms with Crippen LogP contribution >= 0.6 is 0 Å². The Morgan fingerprint density at radius 1 is 1.21 bits per heavy atom. The summed E-state index contributed by atoms with van der Waals surface area (Å²) in [4.78, 5) is 16.3. The number of likely N-dealkylation sites (N-methyl/N-ethyl adjacent to an activating group) is 1. The van der Waals surface area contributed by atoms with Crippen molar-refractivity contribution in [2.75, 3.05) is 46.3 Å². The maximum absolute atomic E-state index is 12.1. The summed E-state index contributed by atoms with van der Waals surface area (Å²) in [5, 5.41) is 3.32. The average molecular weight is 267 g/mol. The Hall–Kier alpha value is -0.610. The van der Waals surface area contributed by atoms with Crippen LogP contribution in [-0.2, 0) is 4.79 Å². The highest BCUT2D eigenvalue weighted by Gasteiger charge is 2.18. The molecular formula is C15H29N3O. The van der Waals surface area contributed by atoms with Crippen LogP contribution in [0.25, 0.3) is 0 Å². The fourth-order valence-electron chi connectivity index (χ4n) is 3.16. The third-order valence-corrected chi connectivity index (χ3v) is 4.59. The van der Waals surface area contributed by atoms with Crippen LogP contribution in [0.15, 0.2) is 0 Å². The maximum atomic E-state index is 12.1. The number of hydrogen-bond acceptors (Lipinski definition) is 3. The fraction of sp³-hybridized carbons (Fsp3) is 0.933. The maximum Gasteiger partial charge on any atom is 0.236 e. The van der Waals surface area contributed by atoms with Crippen LogP contribution < -0.4 is 5.32 Å². The molecule has 0 unspecified atom stereocenters. The van der Waals surface area contributed by atoms with E-state index in [0.717, 1.165) is 38.6 Å². The third kappa shape index (κ3) is 5.11.